The van der Waals surface area contributed by atoms with E-state index in [9.17, 15) is 9.90 Å². The molecule has 6 nitrogen and oxygen atoms in total. The van der Waals surface area contributed by atoms with E-state index >= 15 is 0 Å². The van der Waals surface area contributed by atoms with Crippen LogP contribution >= 0.6 is 11.6 Å². The Kier molecular flexibility index (Phi) is 5.21. The number of benzene rings is 1. The number of aromatic nitrogens is 3. The number of aliphatic carboxylic acids is 1. The van der Waals surface area contributed by atoms with Crippen molar-refractivity contribution in [1.29, 1.82) is 0 Å². The summed E-state index contributed by atoms with van der Waals surface area (Å²) in [4.78, 5) is 18.6. The Hall–Kier alpha value is -2.60. The highest BCUT2D eigenvalue weighted by molar-refractivity contribution is 6.30. The zero-order chi connectivity index (χ0) is 20.7. The number of hydrogen-bond acceptors (Lipinski definition) is 4. The number of carboxylic acids is 1. The molecule has 1 aromatic carbocycles. The second kappa shape index (κ2) is 7.67. The Labute approximate surface area is 175 Å². The number of hydrogen-bond donors (Lipinski definition) is 1. The van der Waals surface area contributed by atoms with Crippen LogP contribution in [0.1, 0.15) is 43.9 Å². The molecule has 1 fully saturated rings. The van der Waals surface area contributed by atoms with Gasteiger partial charge in [-0.15, -0.1) is 0 Å². The molecular weight excluding hydrogens is 388 g/mol. The Balaban J connectivity index is 1.88. The molecule has 0 saturated carbocycles. The molecule has 0 aliphatic carbocycles. The van der Waals surface area contributed by atoms with Gasteiger partial charge in [0.15, 0.2) is 5.65 Å². The van der Waals surface area contributed by atoms with Crippen LogP contribution in [0.5, 0.6) is 0 Å². The highest BCUT2D eigenvalue weighted by Crippen LogP contribution is 2.34. The molecule has 1 atom stereocenters. The minimum atomic E-state index is -0.731. The van der Waals surface area contributed by atoms with E-state index in [-0.39, 0.29) is 11.8 Å². The van der Waals surface area contributed by atoms with Crippen molar-refractivity contribution in [3.8, 4) is 11.3 Å². The fourth-order valence-corrected chi connectivity index (χ4v) is 4.35. The molecule has 7 heteroatoms. The SMILES string of the molecule is Cc1nc2cc(-c3ccc(Cl)cc3)nn2c(N2CCCC(C(=O)O)C2)c1C(C)C. The highest BCUT2D eigenvalue weighted by Gasteiger charge is 2.30. The number of anilines is 1. The smallest absolute Gasteiger partial charge is 0.308 e. The van der Waals surface area contributed by atoms with Gasteiger partial charge in [-0.1, -0.05) is 37.6 Å². The minimum absolute atomic E-state index is 0.246. The minimum Gasteiger partial charge on any atom is -0.481 e. The van der Waals surface area contributed by atoms with Crippen molar-refractivity contribution in [3.05, 3.63) is 46.6 Å². The van der Waals surface area contributed by atoms with Crippen molar-refractivity contribution in [2.75, 3.05) is 18.0 Å². The van der Waals surface area contributed by atoms with Crippen LogP contribution in [-0.4, -0.2) is 38.8 Å². The molecule has 3 aromatic rings. The van der Waals surface area contributed by atoms with Gasteiger partial charge in [0.2, 0.25) is 0 Å². The summed E-state index contributed by atoms with van der Waals surface area (Å²) in [6.07, 6.45) is 1.56. The summed E-state index contributed by atoms with van der Waals surface area (Å²) >= 11 is 6.03. The molecule has 0 amide bonds. The van der Waals surface area contributed by atoms with Gasteiger partial charge in [-0.25, -0.2) is 4.98 Å². The number of carbonyl (C=O) groups is 1. The lowest BCUT2D eigenvalue weighted by atomic mass is 9.96. The van der Waals surface area contributed by atoms with Gasteiger partial charge in [-0.2, -0.15) is 9.61 Å². The van der Waals surface area contributed by atoms with Gasteiger partial charge in [0.1, 0.15) is 5.82 Å². The predicted octanol–water partition coefficient (Wildman–Crippen LogP) is 4.78. The number of carboxylic acid groups (broad SMARTS) is 1. The number of piperidine rings is 1. The lowest BCUT2D eigenvalue weighted by Gasteiger charge is -2.34. The summed E-state index contributed by atoms with van der Waals surface area (Å²) in [5.74, 6) is 0.118. The molecular formula is C22H25ClN4O2. The summed E-state index contributed by atoms with van der Waals surface area (Å²) in [7, 11) is 0. The van der Waals surface area contributed by atoms with Gasteiger partial charge < -0.3 is 10.0 Å². The maximum atomic E-state index is 11.6. The van der Waals surface area contributed by atoms with Crippen LogP contribution in [0.15, 0.2) is 30.3 Å². The van der Waals surface area contributed by atoms with Gasteiger partial charge in [-0.3, -0.25) is 4.79 Å². The van der Waals surface area contributed by atoms with Crippen LogP contribution in [0.2, 0.25) is 5.02 Å². The first-order valence-corrected chi connectivity index (χ1v) is 10.4. The molecule has 1 aliphatic heterocycles. The van der Waals surface area contributed by atoms with Crippen LogP contribution < -0.4 is 4.90 Å². The second-order valence-corrected chi connectivity index (χ2v) is 8.46. The molecule has 3 heterocycles. The first-order valence-electron chi connectivity index (χ1n) is 9.99. The van der Waals surface area contributed by atoms with Crippen LogP contribution in [-0.2, 0) is 4.79 Å². The zero-order valence-electron chi connectivity index (χ0n) is 16.9. The molecule has 1 N–H and O–H groups in total. The van der Waals surface area contributed by atoms with E-state index in [1.807, 2.05) is 41.8 Å². The Bertz CT molecular complexity index is 1060. The summed E-state index contributed by atoms with van der Waals surface area (Å²) in [6.45, 7) is 7.61. The van der Waals surface area contributed by atoms with Gasteiger partial charge in [0.25, 0.3) is 0 Å². The predicted molar refractivity (Wildman–Crippen MR) is 115 cm³/mol. The van der Waals surface area contributed by atoms with Gasteiger partial charge in [-0.05, 0) is 37.8 Å². The molecule has 0 spiro atoms. The standard InChI is InChI=1S/C22H25ClN4O2/c1-13(2)20-14(3)24-19-11-18(15-6-8-17(23)9-7-15)25-27(19)21(20)26-10-4-5-16(12-26)22(28)29/h6-9,11,13,16H,4-5,10,12H2,1-3H3,(H,28,29). The van der Waals surface area contributed by atoms with Crippen molar-refractivity contribution < 1.29 is 9.90 Å². The molecule has 4 rings (SSSR count). The second-order valence-electron chi connectivity index (χ2n) is 8.02. The van der Waals surface area contributed by atoms with Gasteiger partial charge in [0.05, 0.1) is 11.6 Å². The van der Waals surface area contributed by atoms with Crippen LogP contribution in [0.25, 0.3) is 16.9 Å². The molecule has 2 aromatic heterocycles. The third kappa shape index (κ3) is 3.69. The lowest BCUT2D eigenvalue weighted by molar-refractivity contribution is -0.141. The van der Waals surface area contributed by atoms with E-state index in [0.717, 1.165) is 46.9 Å². The third-order valence-electron chi connectivity index (χ3n) is 5.59. The average Bonchev–Trinajstić information content (AvgIpc) is 3.10. The van der Waals surface area contributed by atoms with E-state index in [2.05, 4.69) is 18.7 Å². The van der Waals surface area contributed by atoms with Crippen molar-refractivity contribution in [3.63, 3.8) is 0 Å². The molecule has 1 aliphatic rings. The topological polar surface area (TPSA) is 70.7 Å². The first-order chi connectivity index (χ1) is 13.8. The average molecular weight is 413 g/mol. The fraction of sp³-hybridized carbons (Fsp3) is 0.409. The van der Waals surface area contributed by atoms with Crippen LogP contribution in [0.4, 0.5) is 5.82 Å². The molecule has 152 valence electrons. The van der Waals surface area contributed by atoms with E-state index in [0.29, 0.717) is 18.0 Å². The van der Waals surface area contributed by atoms with Gasteiger partial charge >= 0.3 is 5.97 Å². The largest absolute Gasteiger partial charge is 0.481 e. The van der Waals surface area contributed by atoms with Crippen LogP contribution in [0.3, 0.4) is 0 Å². The quantitative estimate of drug-likeness (QED) is 0.667. The van der Waals surface area contributed by atoms with Crippen molar-refractivity contribution in [2.24, 2.45) is 5.92 Å². The molecule has 1 unspecified atom stereocenters. The monoisotopic (exact) mass is 412 g/mol. The fourth-order valence-electron chi connectivity index (χ4n) is 4.23. The van der Waals surface area contributed by atoms with E-state index in [4.69, 9.17) is 21.7 Å². The Morgan fingerprint density at radius 2 is 2.00 bits per heavy atom. The summed E-state index contributed by atoms with van der Waals surface area (Å²) in [5.41, 5.74) is 4.64. The van der Waals surface area contributed by atoms with Crippen molar-refractivity contribution in [2.45, 2.75) is 39.5 Å². The normalized spacial score (nSPS) is 17.3. The van der Waals surface area contributed by atoms with Crippen molar-refractivity contribution >= 4 is 29.0 Å². The van der Waals surface area contributed by atoms with E-state index < -0.39 is 5.97 Å². The number of aryl methyl sites for hydroxylation is 1. The van der Waals surface area contributed by atoms with Gasteiger partial charge in [0, 0.05) is 41.0 Å². The van der Waals surface area contributed by atoms with E-state index in [1.165, 1.54) is 0 Å². The summed E-state index contributed by atoms with van der Waals surface area (Å²) < 4.78 is 1.89. The molecule has 1 saturated heterocycles. The maximum Gasteiger partial charge on any atom is 0.308 e. The zero-order valence-corrected chi connectivity index (χ0v) is 17.6. The third-order valence-corrected chi connectivity index (χ3v) is 5.84. The molecule has 29 heavy (non-hydrogen) atoms. The Morgan fingerprint density at radius 3 is 2.66 bits per heavy atom. The number of halogens is 1. The number of rotatable bonds is 4. The Morgan fingerprint density at radius 1 is 1.28 bits per heavy atom. The summed E-state index contributed by atoms with van der Waals surface area (Å²) in [5, 5.41) is 15.1. The number of nitrogens with zero attached hydrogens (tertiary/aromatic N) is 4. The van der Waals surface area contributed by atoms with Crippen molar-refractivity contribution in [1.82, 2.24) is 14.6 Å². The number of fused-ring (bicyclic) bond motifs is 1. The first kappa shape index (κ1) is 19.7. The summed E-state index contributed by atoms with van der Waals surface area (Å²) in [6, 6.07) is 9.56. The van der Waals surface area contributed by atoms with Crippen LogP contribution in [0, 0.1) is 12.8 Å². The maximum absolute atomic E-state index is 11.6. The lowest BCUT2D eigenvalue weighted by Crippen LogP contribution is -2.40. The molecule has 0 radical (unpaired) electrons. The van der Waals surface area contributed by atoms with E-state index in [1.54, 1.807) is 0 Å². The molecule has 0 bridgehead atoms. The highest BCUT2D eigenvalue weighted by atomic mass is 35.5.